The monoisotopic (exact) mass is 241 g/mol. The van der Waals surface area contributed by atoms with Crippen molar-refractivity contribution in [2.75, 3.05) is 6.54 Å². The van der Waals surface area contributed by atoms with Crippen LogP contribution in [0.1, 0.15) is 37.1 Å². The molecule has 1 saturated carbocycles. The standard InChI is InChI=1S/C12H20ClN3/c1-9-12(13)11(16(2)15-9)5-3-4-8-14-10-6-7-10/h10,14H,3-8H2,1-2H3. The van der Waals surface area contributed by atoms with Crippen molar-refractivity contribution in [3.8, 4) is 0 Å². The third kappa shape index (κ3) is 2.98. The first-order chi connectivity index (χ1) is 7.68. The molecule has 0 amide bonds. The fraction of sp³-hybridized carbons (Fsp3) is 0.750. The van der Waals surface area contributed by atoms with Crippen molar-refractivity contribution >= 4 is 11.6 Å². The predicted molar refractivity (Wildman–Crippen MR) is 66.9 cm³/mol. The van der Waals surface area contributed by atoms with Gasteiger partial charge < -0.3 is 5.32 Å². The number of nitrogens with one attached hydrogen (secondary N) is 1. The first-order valence-electron chi connectivity index (χ1n) is 6.10. The molecule has 0 aromatic carbocycles. The Balaban J connectivity index is 1.71. The van der Waals surface area contributed by atoms with Gasteiger partial charge in [0.15, 0.2) is 0 Å². The van der Waals surface area contributed by atoms with Gasteiger partial charge in [-0.25, -0.2) is 0 Å². The number of hydrogen-bond donors (Lipinski definition) is 1. The molecule has 0 unspecified atom stereocenters. The van der Waals surface area contributed by atoms with E-state index in [0.717, 1.165) is 29.7 Å². The summed E-state index contributed by atoms with van der Waals surface area (Å²) in [5.41, 5.74) is 2.11. The lowest BCUT2D eigenvalue weighted by Gasteiger charge is -2.04. The van der Waals surface area contributed by atoms with Gasteiger partial charge in [-0.05, 0) is 45.6 Å². The largest absolute Gasteiger partial charge is 0.314 e. The number of halogens is 1. The molecular formula is C12H20ClN3. The molecular weight excluding hydrogens is 222 g/mol. The van der Waals surface area contributed by atoms with Crippen molar-refractivity contribution in [1.82, 2.24) is 15.1 Å². The molecule has 1 aromatic rings. The summed E-state index contributed by atoms with van der Waals surface area (Å²) < 4.78 is 1.91. The summed E-state index contributed by atoms with van der Waals surface area (Å²) in [5.74, 6) is 0. The number of hydrogen-bond acceptors (Lipinski definition) is 2. The quantitative estimate of drug-likeness (QED) is 0.776. The van der Waals surface area contributed by atoms with Crippen LogP contribution < -0.4 is 5.32 Å². The molecule has 4 heteroatoms. The van der Waals surface area contributed by atoms with Gasteiger partial charge in [-0.1, -0.05) is 11.6 Å². The molecule has 1 heterocycles. The summed E-state index contributed by atoms with van der Waals surface area (Å²) in [6, 6.07) is 0.822. The molecule has 0 radical (unpaired) electrons. The second kappa shape index (κ2) is 5.19. The maximum atomic E-state index is 6.19. The van der Waals surface area contributed by atoms with E-state index in [1.807, 2.05) is 18.7 Å². The average Bonchev–Trinajstić information content (AvgIpc) is 3.02. The van der Waals surface area contributed by atoms with E-state index >= 15 is 0 Å². The number of nitrogens with zero attached hydrogens (tertiary/aromatic N) is 2. The summed E-state index contributed by atoms with van der Waals surface area (Å²) >= 11 is 6.19. The zero-order valence-corrected chi connectivity index (χ0v) is 10.8. The highest BCUT2D eigenvalue weighted by Crippen LogP contribution is 2.21. The van der Waals surface area contributed by atoms with E-state index < -0.39 is 0 Å². The van der Waals surface area contributed by atoms with Crippen LogP contribution in [0.3, 0.4) is 0 Å². The van der Waals surface area contributed by atoms with Gasteiger partial charge >= 0.3 is 0 Å². The Morgan fingerprint density at radius 1 is 1.44 bits per heavy atom. The van der Waals surface area contributed by atoms with Gasteiger partial charge in [-0.15, -0.1) is 0 Å². The third-order valence-corrected chi connectivity index (χ3v) is 3.60. The Morgan fingerprint density at radius 3 is 2.75 bits per heavy atom. The number of aromatic nitrogens is 2. The lowest BCUT2D eigenvalue weighted by atomic mass is 10.2. The molecule has 1 N–H and O–H groups in total. The van der Waals surface area contributed by atoms with Crippen molar-refractivity contribution in [2.24, 2.45) is 7.05 Å². The minimum absolute atomic E-state index is 0.822. The van der Waals surface area contributed by atoms with Gasteiger partial charge in [0.2, 0.25) is 0 Å². The highest BCUT2D eigenvalue weighted by Gasteiger charge is 2.19. The SMILES string of the molecule is Cc1nn(C)c(CCCCNC2CC2)c1Cl. The molecule has 1 aliphatic rings. The molecule has 0 saturated heterocycles. The Labute approximate surface area is 102 Å². The second-order valence-corrected chi connectivity index (χ2v) is 5.03. The summed E-state index contributed by atoms with van der Waals surface area (Å²) in [5, 5.41) is 8.68. The van der Waals surface area contributed by atoms with E-state index in [1.165, 1.54) is 31.4 Å². The van der Waals surface area contributed by atoms with E-state index in [2.05, 4.69) is 10.4 Å². The van der Waals surface area contributed by atoms with E-state index in [1.54, 1.807) is 0 Å². The number of rotatable bonds is 6. The van der Waals surface area contributed by atoms with E-state index in [-0.39, 0.29) is 0 Å². The smallest absolute Gasteiger partial charge is 0.0846 e. The van der Waals surface area contributed by atoms with Crippen LogP contribution >= 0.6 is 11.6 Å². The molecule has 2 rings (SSSR count). The van der Waals surface area contributed by atoms with Crippen LogP contribution in [0, 0.1) is 6.92 Å². The lowest BCUT2D eigenvalue weighted by Crippen LogP contribution is -2.17. The van der Waals surface area contributed by atoms with Gasteiger partial charge in [0.1, 0.15) is 0 Å². The van der Waals surface area contributed by atoms with Crippen LogP contribution in [0.15, 0.2) is 0 Å². The summed E-state index contributed by atoms with van der Waals surface area (Å²) in [4.78, 5) is 0. The number of aryl methyl sites for hydroxylation is 2. The Bertz CT molecular complexity index is 355. The first-order valence-corrected chi connectivity index (χ1v) is 6.47. The molecule has 1 aliphatic carbocycles. The highest BCUT2D eigenvalue weighted by molar-refractivity contribution is 6.31. The van der Waals surface area contributed by atoms with Crippen molar-refractivity contribution in [3.05, 3.63) is 16.4 Å². The van der Waals surface area contributed by atoms with Crippen LogP contribution in [0.2, 0.25) is 5.02 Å². The molecule has 0 aliphatic heterocycles. The Morgan fingerprint density at radius 2 is 2.19 bits per heavy atom. The minimum Gasteiger partial charge on any atom is -0.314 e. The summed E-state index contributed by atoms with van der Waals surface area (Å²) in [6.07, 6.45) is 6.16. The molecule has 1 aromatic heterocycles. The second-order valence-electron chi connectivity index (χ2n) is 4.66. The Kier molecular flexibility index (Phi) is 3.87. The van der Waals surface area contributed by atoms with Crippen molar-refractivity contribution in [2.45, 2.75) is 45.1 Å². The maximum absolute atomic E-state index is 6.19. The van der Waals surface area contributed by atoms with Gasteiger partial charge in [-0.3, -0.25) is 4.68 Å². The van der Waals surface area contributed by atoms with Crippen molar-refractivity contribution in [1.29, 1.82) is 0 Å². The minimum atomic E-state index is 0.822. The zero-order chi connectivity index (χ0) is 11.5. The summed E-state index contributed by atoms with van der Waals surface area (Å²) in [6.45, 7) is 3.10. The topological polar surface area (TPSA) is 29.9 Å². The zero-order valence-electron chi connectivity index (χ0n) is 10.1. The predicted octanol–water partition coefficient (Wildman–Crippen LogP) is 2.46. The Hall–Kier alpha value is -0.540. The highest BCUT2D eigenvalue weighted by atomic mass is 35.5. The molecule has 0 spiro atoms. The molecule has 3 nitrogen and oxygen atoms in total. The molecule has 90 valence electrons. The molecule has 0 atom stereocenters. The van der Waals surface area contributed by atoms with Gasteiger partial charge in [0, 0.05) is 13.1 Å². The van der Waals surface area contributed by atoms with Crippen LogP contribution in [0.5, 0.6) is 0 Å². The average molecular weight is 242 g/mol. The van der Waals surface area contributed by atoms with E-state index in [0.29, 0.717) is 0 Å². The molecule has 16 heavy (non-hydrogen) atoms. The normalized spacial score (nSPS) is 15.7. The van der Waals surface area contributed by atoms with Gasteiger partial charge in [-0.2, -0.15) is 5.10 Å². The van der Waals surface area contributed by atoms with Gasteiger partial charge in [0.25, 0.3) is 0 Å². The van der Waals surface area contributed by atoms with Crippen molar-refractivity contribution in [3.63, 3.8) is 0 Å². The molecule has 0 bridgehead atoms. The van der Waals surface area contributed by atoms with Crippen LogP contribution in [0.4, 0.5) is 0 Å². The van der Waals surface area contributed by atoms with Crippen molar-refractivity contribution < 1.29 is 0 Å². The van der Waals surface area contributed by atoms with E-state index in [9.17, 15) is 0 Å². The van der Waals surface area contributed by atoms with Crippen LogP contribution in [-0.4, -0.2) is 22.4 Å². The maximum Gasteiger partial charge on any atom is 0.0846 e. The number of unbranched alkanes of at least 4 members (excludes halogenated alkanes) is 1. The fourth-order valence-electron chi connectivity index (χ4n) is 1.96. The molecule has 1 fully saturated rings. The van der Waals surface area contributed by atoms with E-state index in [4.69, 9.17) is 11.6 Å². The first kappa shape index (κ1) is 11.9. The summed E-state index contributed by atoms with van der Waals surface area (Å²) in [7, 11) is 1.97. The van der Waals surface area contributed by atoms with Crippen LogP contribution in [0.25, 0.3) is 0 Å². The van der Waals surface area contributed by atoms with Gasteiger partial charge in [0.05, 0.1) is 16.4 Å². The fourth-order valence-corrected chi connectivity index (χ4v) is 2.22. The van der Waals surface area contributed by atoms with Crippen LogP contribution in [-0.2, 0) is 13.5 Å². The third-order valence-electron chi connectivity index (χ3n) is 3.11. The lowest BCUT2D eigenvalue weighted by molar-refractivity contribution is 0.603.